The topological polar surface area (TPSA) is 97.6 Å². The minimum atomic E-state index is -4.79. The second kappa shape index (κ2) is 7.98. The third kappa shape index (κ3) is 4.13. The first-order valence-electron chi connectivity index (χ1n) is 9.49. The van der Waals surface area contributed by atoms with Gasteiger partial charge in [-0.1, -0.05) is 12.1 Å². The Morgan fingerprint density at radius 1 is 1.31 bits per heavy atom. The van der Waals surface area contributed by atoms with Gasteiger partial charge in [0.1, 0.15) is 11.6 Å². The van der Waals surface area contributed by atoms with E-state index < -0.39 is 18.3 Å². The molecule has 1 N–H and O–H groups in total. The third-order valence-corrected chi connectivity index (χ3v) is 5.14. The molecule has 0 aliphatic carbocycles. The lowest BCUT2D eigenvalue weighted by Crippen LogP contribution is -2.27. The van der Waals surface area contributed by atoms with E-state index in [1.54, 1.807) is 24.0 Å². The summed E-state index contributed by atoms with van der Waals surface area (Å²) in [5.41, 5.74) is 1.84. The number of aryl methyl sites for hydroxylation is 1. The fourth-order valence-electron chi connectivity index (χ4n) is 3.52. The molecule has 0 spiro atoms. The Labute approximate surface area is 180 Å². The molecule has 11 heteroatoms. The van der Waals surface area contributed by atoms with Crippen LogP contribution in [0.4, 0.5) is 19.0 Å². The number of pyridine rings is 1. The third-order valence-electron chi connectivity index (χ3n) is 5.14. The monoisotopic (exact) mass is 446 g/mol. The summed E-state index contributed by atoms with van der Waals surface area (Å²) < 4.78 is 46.6. The van der Waals surface area contributed by atoms with Crippen LogP contribution in [-0.4, -0.2) is 33.0 Å². The predicted octanol–water partition coefficient (Wildman–Crippen LogP) is 4.25. The Hall–Kier alpha value is -3.89. The van der Waals surface area contributed by atoms with Crippen LogP contribution in [-0.2, 0) is 6.54 Å². The summed E-state index contributed by atoms with van der Waals surface area (Å²) >= 11 is 0. The number of anilines is 1. The number of fused-ring (bicyclic) bond motifs is 1. The Kier molecular flexibility index (Phi) is 5.33. The van der Waals surface area contributed by atoms with E-state index in [4.69, 9.17) is 4.42 Å². The molecular weight excluding hydrogens is 429 g/mol. The highest BCUT2D eigenvalue weighted by Gasteiger charge is 2.35. The molecule has 0 radical (unpaired) electrons. The lowest BCUT2D eigenvalue weighted by Gasteiger charge is -2.25. The van der Waals surface area contributed by atoms with Gasteiger partial charge in [0.25, 0.3) is 11.8 Å². The number of carbonyl (C=O) groups excluding carboxylic acids is 2. The van der Waals surface area contributed by atoms with Crippen LogP contribution >= 0.6 is 0 Å². The number of hydrogen-bond donors (Lipinski definition) is 1. The fourth-order valence-corrected chi connectivity index (χ4v) is 3.52. The van der Waals surface area contributed by atoms with Gasteiger partial charge in [0.15, 0.2) is 6.39 Å². The van der Waals surface area contributed by atoms with Crippen LogP contribution < -0.4 is 10.1 Å². The number of amides is 2. The van der Waals surface area contributed by atoms with E-state index in [9.17, 15) is 22.8 Å². The number of carbonyl (C=O) groups is 2. The van der Waals surface area contributed by atoms with E-state index in [0.717, 1.165) is 6.39 Å². The molecule has 2 aromatic heterocycles. The van der Waals surface area contributed by atoms with Crippen molar-refractivity contribution in [2.75, 3.05) is 5.32 Å². The van der Waals surface area contributed by atoms with Crippen LogP contribution in [0.5, 0.6) is 5.75 Å². The summed E-state index contributed by atoms with van der Waals surface area (Å²) in [5.74, 6) is -0.921. The van der Waals surface area contributed by atoms with Gasteiger partial charge in [-0.05, 0) is 37.1 Å². The van der Waals surface area contributed by atoms with Crippen LogP contribution in [0.2, 0.25) is 0 Å². The van der Waals surface area contributed by atoms with Crippen molar-refractivity contribution < 1.29 is 31.9 Å². The molecule has 2 amide bonds. The molecule has 1 atom stereocenters. The van der Waals surface area contributed by atoms with Gasteiger partial charge in [0, 0.05) is 17.3 Å². The first-order chi connectivity index (χ1) is 15.1. The van der Waals surface area contributed by atoms with E-state index in [2.05, 4.69) is 20.0 Å². The molecule has 1 aliphatic heterocycles. The van der Waals surface area contributed by atoms with Crippen LogP contribution in [0, 0.1) is 6.92 Å². The molecule has 3 aromatic rings. The number of nitrogens with zero attached hydrogens (tertiary/aromatic N) is 3. The lowest BCUT2D eigenvalue weighted by atomic mass is 10.0. The molecule has 0 saturated heterocycles. The van der Waals surface area contributed by atoms with Crippen LogP contribution in [0.25, 0.3) is 0 Å². The molecule has 8 nitrogen and oxygen atoms in total. The lowest BCUT2D eigenvalue weighted by molar-refractivity contribution is -0.274. The van der Waals surface area contributed by atoms with E-state index in [1.165, 1.54) is 31.5 Å². The van der Waals surface area contributed by atoms with Gasteiger partial charge < -0.3 is 19.4 Å². The quantitative estimate of drug-likeness (QED) is 0.630. The van der Waals surface area contributed by atoms with Crippen LogP contribution in [0.3, 0.4) is 0 Å². The molecule has 1 aromatic carbocycles. The maximum atomic E-state index is 13.0. The Bertz CT molecular complexity index is 1180. The molecule has 4 rings (SSSR count). The number of aromatic nitrogens is 2. The zero-order chi connectivity index (χ0) is 23.0. The molecular formula is C21H17F3N4O4. The smallest absolute Gasteiger partial charge is 0.438 e. The van der Waals surface area contributed by atoms with Crippen molar-refractivity contribution in [2.45, 2.75) is 32.8 Å². The molecule has 0 saturated carbocycles. The summed E-state index contributed by atoms with van der Waals surface area (Å²) in [6.45, 7) is 3.43. The summed E-state index contributed by atoms with van der Waals surface area (Å²) in [4.78, 5) is 34.7. The standard InChI is InChI=1S/C21H17F3N4O4/c1-11-7-13(3-4-16(11)32-21(22,23)24)12(2)28-9-15-14(20(28)30)5-6-26-18(15)27-19(29)17-8-25-10-31-17/h3-8,10,12H,9H2,1-2H3,(H,26,27,29). The Morgan fingerprint density at radius 2 is 2.09 bits per heavy atom. The number of halogens is 3. The van der Waals surface area contributed by atoms with Gasteiger partial charge in [0.05, 0.1) is 18.8 Å². The highest BCUT2D eigenvalue weighted by molar-refractivity contribution is 6.05. The maximum absolute atomic E-state index is 13.0. The zero-order valence-corrected chi connectivity index (χ0v) is 16.9. The molecule has 32 heavy (non-hydrogen) atoms. The highest BCUT2D eigenvalue weighted by atomic mass is 19.4. The minimum absolute atomic E-state index is 0.00408. The zero-order valence-electron chi connectivity index (χ0n) is 16.9. The molecule has 166 valence electrons. The summed E-state index contributed by atoms with van der Waals surface area (Å²) in [6, 6.07) is 5.37. The minimum Gasteiger partial charge on any atom is -0.438 e. The van der Waals surface area contributed by atoms with Crippen LogP contribution in [0.1, 0.15) is 50.6 Å². The van der Waals surface area contributed by atoms with Crippen molar-refractivity contribution in [3.63, 3.8) is 0 Å². The normalized spacial score (nSPS) is 14.3. The van der Waals surface area contributed by atoms with Crippen molar-refractivity contribution in [2.24, 2.45) is 0 Å². The molecule has 1 aliphatic rings. The fraction of sp³-hybridized carbons (Fsp3) is 0.238. The van der Waals surface area contributed by atoms with Gasteiger partial charge >= 0.3 is 6.36 Å². The summed E-state index contributed by atoms with van der Waals surface area (Å²) in [7, 11) is 0. The predicted molar refractivity (Wildman–Crippen MR) is 105 cm³/mol. The largest absolute Gasteiger partial charge is 0.573 e. The number of rotatable bonds is 5. The van der Waals surface area contributed by atoms with Crippen molar-refractivity contribution in [1.29, 1.82) is 0 Å². The SMILES string of the molecule is Cc1cc(C(C)N2Cc3c(ccnc3NC(=O)c3cnco3)C2=O)ccc1OC(F)(F)F. The van der Waals surface area contributed by atoms with E-state index in [-0.39, 0.29) is 35.3 Å². The average molecular weight is 446 g/mol. The molecule has 0 bridgehead atoms. The first kappa shape index (κ1) is 21.3. The number of benzene rings is 1. The Morgan fingerprint density at radius 3 is 2.75 bits per heavy atom. The number of ether oxygens (including phenoxy) is 1. The summed E-state index contributed by atoms with van der Waals surface area (Å²) in [6.07, 6.45) is -0.997. The molecule has 3 heterocycles. The van der Waals surface area contributed by atoms with Crippen molar-refractivity contribution in [3.05, 3.63) is 71.1 Å². The maximum Gasteiger partial charge on any atom is 0.573 e. The van der Waals surface area contributed by atoms with Crippen molar-refractivity contribution >= 4 is 17.6 Å². The van der Waals surface area contributed by atoms with Gasteiger partial charge in [-0.3, -0.25) is 9.59 Å². The van der Waals surface area contributed by atoms with Gasteiger partial charge in [-0.2, -0.15) is 0 Å². The highest BCUT2D eigenvalue weighted by Crippen LogP contribution is 2.36. The second-order valence-corrected chi connectivity index (χ2v) is 7.19. The van der Waals surface area contributed by atoms with Crippen molar-refractivity contribution in [3.8, 4) is 5.75 Å². The van der Waals surface area contributed by atoms with E-state index >= 15 is 0 Å². The second-order valence-electron chi connectivity index (χ2n) is 7.19. The Balaban J connectivity index is 1.56. The van der Waals surface area contributed by atoms with Gasteiger partial charge in [-0.25, -0.2) is 9.97 Å². The molecule has 1 unspecified atom stereocenters. The number of nitrogens with one attached hydrogen (secondary N) is 1. The van der Waals surface area contributed by atoms with Crippen LogP contribution in [0.15, 0.2) is 47.5 Å². The molecule has 0 fully saturated rings. The van der Waals surface area contributed by atoms with E-state index in [0.29, 0.717) is 16.7 Å². The average Bonchev–Trinajstić information content (AvgIpc) is 3.37. The van der Waals surface area contributed by atoms with Gasteiger partial charge in [0.2, 0.25) is 5.76 Å². The first-order valence-corrected chi connectivity index (χ1v) is 9.49. The summed E-state index contributed by atoms with van der Waals surface area (Å²) in [5, 5.41) is 2.62. The van der Waals surface area contributed by atoms with Crippen molar-refractivity contribution in [1.82, 2.24) is 14.9 Å². The number of oxazole rings is 1. The number of alkyl halides is 3. The van der Waals surface area contributed by atoms with Gasteiger partial charge in [-0.15, -0.1) is 13.2 Å². The number of hydrogen-bond acceptors (Lipinski definition) is 6. The van der Waals surface area contributed by atoms with E-state index in [1.807, 2.05) is 0 Å².